The SMILES string of the molecule is C=C[C@@]12CC[C@@]3(C=O)CC[C@@H](C(=C)C)C3C1CCC1[C@@]3(C)CC[C@H](O)C(C)(C)C3CC[C@]12C. The first-order valence-electron chi connectivity index (χ1n) is 13.9. The van der Waals surface area contributed by atoms with E-state index in [1.165, 1.54) is 37.5 Å². The van der Waals surface area contributed by atoms with E-state index in [2.05, 4.69) is 53.9 Å². The van der Waals surface area contributed by atoms with Gasteiger partial charge in [-0.05, 0) is 122 Å². The smallest absolute Gasteiger partial charge is 0.126 e. The number of fused-ring (bicyclic) bond motifs is 7. The van der Waals surface area contributed by atoms with Crippen LogP contribution in [-0.4, -0.2) is 17.5 Å². The summed E-state index contributed by atoms with van der Waals surface area (Å²) in [5.74, 6) is 2.71. The topological polar surface area (TPSA) is 37.3 Å². The second-order valence-electron chi connectivity index (χ2n) is 14.2. The Hall–Kier alpha value is -0.890. The third kappa shape index (κ3) is 2.74. The number of allylic oxidation sites excluding steroid dienone is 2. The van der Waals surface area contributed by atoms with Gasteiger partial charge in [-0.1, -0.05) is 45.9 Å². The van der Waals surface area contributed by atoms with Crippen LogP contribution in [0.15, 0.2) is 24.8 Å². The van der Waals surface area contributed by atoms with Gasteiger partial charge in [0, 0.05) is 5.41 Å². The fourth-order valence-electron chi connectivity index (χ4n) is 11.6. The van der Waals surface area contributed by atoms with Gasteiger partial charge >= 0.3 is 0 Å². The predicted octanol–water partition coefficient (Wildman–Crippen LogP) is 7.37. The van der Waals surface area contributed by atoms with Crippen molar-refractivity contribution in [3.63, 3.8) is 0 Å². The van der Waals surface area contributed by atoms with Crippen molar-refractivity contribution in [2.24, 2.45) is 56.7 Å². The molecule has 0 radical (unpaired) electrons. The number of hydrogen-bond acceptors (Lipinski definition) is 2. The van der Waals surface area contributed by atoms with Gasteiger partial charge in [0.25, 0.3) is 0 Å². The van der Waals surface area contributed by atoms with Crippen LogP contribution in [0.3, 0.4) is 0 Å². The van der Waals surface area contributed by atoms with Crippen LogP contribution in [0, 0.1) is 56.7 Å². The largest absolute Gasteiger partial charge is 0.393 e. The van der Waals surface area contributed by atoms with Gasteiger partial charge in [-0.2, -0.15) is 0 Å². The van der Waals surface area contributed by atoms with Crippen molar-refractivity contribution in [3.8, 4) is 0 Å². The van der Waals surface area contributed by atoms with Crippen LogP contribution in [0.1, 0.15) is 98.8 Å². The molecule has 2 heteroatoms. The van der Waals surface area contributed by atoms with Crippen molar-refractivity contribution in [1.29, 1.82) is 0 Å². The minimum absolute atomic E-state index is 0.0116. The van der Waals surface area contributed by atoms with E-state index in [-0.39, 0.29) is 33.2 Å². The molecule has 2 nitrogen and oxygen atoms in total. The molecule has 0 aromatic heterocycles. The van der Waals surface area contributed by atoms with E-state index in [1.807, 2.05) is 0 Å². The Labute approximate surface area is 202 Å². The Morgan fingerprint density at radius 2 is 1.64 bits per heavy atom. The molecule has 0 aromatic carbocycles. The number of carbonyl (C=O) groups excluding carboxylic acids is 1. The number of hydrogen-bond donors (Lipinski definition) is 1. The third-order valence-electron chi connectivity index (χ3n) is 13.2. The average Bonchev–Trinajstić information content (AvgIpc) is 3.17. The Bertz CT molecular complexity index is 857. The highest BCUT2D eigenvalue weighted by molar-refractivity contribution is 5.62. The Morgan fingerprint density at radius 3 is 2.27 bits per heavy atom. The van der Waals surface area contributed by atoms with Gasteiger partial charge in [0.2, 0.25) is 0 Å². The molecule has 0 amide bonds. The highest BCUT2D eigenvalue weighted by Gasteiger charge is 2.71. The number of aldehydes is 1. The summed E-state index contributed by atoms with van der Waals surface area (Å²) in [5, 5.41) is 10.9. The second-order valence-corrected chi connectivity index (χ2v) is 14.2. The summed E-state index contributed by atoms with van der Waals surface area (Å²) in [5.41, 5.74) is 1.75. The zero-order valence-electron chi connectivity index (χ0n) is 22.0. The van der Waals surface area contributed by atoms with Gasteiger partial charge in [0.1, 0.15) is 6.29 Å². The molecule has 5 aliphatic carbocycles. The lowest BCUT2D eigenvalue weighted by molar-refractivity contribution is -0.236. The lowest BCUT2D eigenvalue weighted by atomic mass is 9.32. The van der Waals surface area contributed by atoms with Crippen LogP contribution in [0.25, 0.3) is 0 Å². The van der Waals surface area contributed by atoms with Crippen molar-refractivity contribution in [3.05, 3.63) is 24.8 Å². The monoisotopic (exact) mass is 452 g/mol. The molecule has 1 N–H and O–H groups in total. The first-order chi connectivity index (χ1) is 15.4. The Balaban J connectivity index is 1.59. The molecule has 33 heavy (non-hydrogen) atoms. The molecule has 0 bridgehead atoms. The van der Waals surface area contributed by atoms with Crippen molar-refractivity contribution in [2.45, 2.75) is 105 Å². The lowest BCUT2D eigenvalue weighted by Crippen LogP contribution is -2.67. The molecule has 184 valence electrons. The van der Waals surface area contributed by atoms with E-state index in [4.69, 9.17) is 0 Å². The summed E-state index contributed by atoms with van der Waals surface area (Å²) in [6, 6.07) is 0. The van der Waals surface area contributed by atoms with Crippen molar-refractivity contribution in [1.82, 2.24) is 0 Å². The molecule has 0 saturated heterocycles. The van der Waals surface area contributed by atoms with E-state index >= 15 is 0 Å². The first-order valence-corrected chi connectivity index (χ1v) is 13.9. The predicted molar refractivity (Wildman–Crippen MR) is 136 cm³/mol. The zero-order valence-corrected chi connectivity index (χ0v) is 22.0. The number of rotatable bonds is 3. The minimum Gasteiger partial charge on any atom is -0.393 e. The molecule has 5 rings (SSSR count). The van der Waals surface area contributed by atoms with Crippen LogP contribution >= 0.6 is 0 Å². The molecule has 0 heterocycles. The van der Waals surface area contributed by atoms with Gasteiger partial charge in [0.15, 0.2) is 0 Å². The number of carbonyl (C=O) groups is 1. The van der Waals surface area contributed by atoms with Crippen molar-refractivity contribution < 1.29 is 9.90 Å². The van der Waals surface area contributed by atoms with Gasteiger partial charge in [-0.25, -0.2) is 0 Å². The van der Waals surface area contributed by atoms with Gasteiger partial charge in [-0.15, -0.1) is 6.58 Å². The summed E-state index contributed by atoms with van der Waals surface area (Å²) in [4.78, 5) is 12.6. The fourth-order valence-corrected chi connectivity index (χ4v) is 11.6. The van der Waals surface area contributed by atoms with Crippen LogP contribution < -0.4 is 0 Å². The van der Waals surface area contributed by atoms with E-state index < -0.39 is 0 Å². The summed E-state index contributed by atoms with van der Waals surface area (Å²) >= 11 is 0. The first kappa shape index (κ1) is 23.8. The summed E-state index contributed by atoms with van der Waals surface area (Å²) in [6.07, 6.45) is 14.9. The maximum absolute atomic E-state index is 12.6. The molecule has 0 aliphatic heterocycles. The van der Waals surface area contributed by atoms with Crippen molar-refractivity contribution >= 4 is 6.29 Å². The van der Waals surface area contributed by atoms with E-state index in [1.54, 1.807) is 0 Å². The highest BCUT2D eigenvalue weighted by atomic mass is 16.3. The van der Waals surface area contributed by atoms with Crippen LogP contribution in [0.5, 0.6) is 0 Å². The van der Waals surface area contributed by atoms with Gasteiger partial charge < -0.3 is 9.90 Å². The van der Waals surface area contributed by atoms with Crippen LogP contribution in [0.4, 0.5) is 0 Å². The van der Waals surface area contributed by atoms with E-state index in [0.29, 0.717) is 29.6 Å². The van der Waals surface area contributed by atoms with Crippen LogP contribution in [-0.2, 0) is 4.79 Å². The maximum Gasteiger partial charge on any atom is 0.126 e. The zero-order chi connectivity index (χ0) is 24.0. The third-order valence-corrected chi connectivity index (χ3v) is 13.2. The Kier molecular flexibility index (Phi) is 5.28. The quantitative estimate of drug-likeness (QED) is 0.358. The van der Waals surface area contributed by atoms with Crippen molar-refractivity contribution in [2.75, 3.05) is 0 Å². The molecule has 4 unspecified atom stereocenters. The standard InChI is InChI=1S/C31H48O2/c1-8-31-18-17-30(19-32)16-11-21(20(2)3)26(30)22(31)9-10-24-28(6)14-13-25(33)27(4,5)23(28)12-15-29(24,31)7/h8,19,21-26,33H,1-2,9-18H2,3-7H3/t21-,22?,23?,24?,25-,26?,28-,29+,30+,31+/m0/s1. The normalized spacial score (nSPS) is 54.8. The number of aliphatic hydroxyl groups excluding tert-OH is 1. The molecule has 0 spiro atoms. The fraction of sp³-hybridized carbons (Fsp3) is 0.839. The minimum atomic E-state index is -0.178. The van der Waals surface area contributed by atoms with Gasteiger partial charge in [-0.3, -0.25) is 0 Å². The molecule has 5 fully saturated rings. The summed E-state index contributed by atoms with van der Waals surface area (Å²) in [6.45, 7) is 21.0. The number of aliphatic hydroxyl groups is 1. The second kappa shape index (κ2) is 7.31. The molecular formula is C31H48O2. The van der Waals surface area contributed by atoms with Gasteiger partial charge in [0.05, 0.1) is 6.10 Å². The molecule has 5 saturated carbocycles. The molecule has 10 atom stereocenters. The molecular weight excluding hydrogens is 404 g/mol. The summed E-state index contributed by atoms with van der Waals surface area (Å²) < 4.78 is 0. The van der Waals surface area contributed by atoms with E-state index in [9.17, 15) is 9.90 Å². The maximum atomic E-state index is 12.6. The lowest BCUT2D eigenvalue weighted by Gasteiger charge is -2.72. The molecule has 0 aromatic rings. The average molecular weight is 453 g/mol. The highest BCUT2D eigenvalue weighted by Crippen LogP contribution is 2.77. The van der Waals surface area contributed by atoms with Crippen LogP contribution in [0.2, 0.25) is 0 Å². The Morgan fingerprint density at radius 1 is 0.909 bits per heavy atom. The van der Waals surface area contributed by atoms with E-state index in [0.717, 1.165) is 38.5 Å². The summed E-state index contributed by atoms with van der Waals surface area (Å²) in [7, 11) is 0. The molecule has 5 aliphatic rings.